The van der Waals surface area contributed by atoms with E-state index in [4.69, 9.17) is 17.3 Å². The van der Waals surface area contributed by atoms with E-state index in [1.165, 1.54) is 17.7 Å². The highest BCUT2D eigenvalue weighted by atomic mass is 35.5. The molecule has 3 unspecified atom stereocenters. The Hall–Kier alpha value is -0.730. The highest BCUT2D eigenvalue weighted by molar-refractivity contribution is 6.33. The van der Waals surface area contributed by atoms with E-state index in [0.29, 0.717) is 0 Å². The van der Waals surface area contributed by atoms with Crippen molar-refractivity contribution in [3.8, 4) is 0 Å². The summed E-state index contributed by atoms with van der Waals surface area (Å²) in [6, 6.07) is 6.67. The van der Waals surface area contributed by atoms with Gasteiger partial charge in [-0.25, -0.2) is 0 Å². The minimum atomic E-state index is 0.229. The second-order valence-corrected chi connectivity index (χ2v) is 6.75. The van der Waals surface area contributed by atoms with E-state index in [-0.39, 0.29) is 6.04 Å². The Balaban J connectivity index is 2.09. The second-order valence-electron chi connectivity index (χ2n) is 6.35. The van der Waals surface area contributed by atoms with Crippen molar-refractivity contribution in [1.29, 1.82) is 0 Å². The van der Waals surface area contributed by atoms with Crippen molar-refractivity contribution in [3.05, 3.63) is 28.8 Å². The maximum Gasteiger partial charge on any atom is 0.0642 e. The SMILES string of the molecule is CCC(N)Cc1ccc(N2CCC(C)C(C)C2)c(Cl)c1. The van der Waals surface area contributed by atoms with Crippen LogP contribution in [0.15, 0.2) is 18.2 Å². The van der Waals surface area contributed by atoms with Crippen LogP contribution in [0.25, 0.3) is 0 Å². The Bertz CT molecular complexity index is 447. The van der Waals surface area contributed by atoms with Gasteiger partial charge in [0.15, 0.2) is 0 Å². The molecule has 1 fully saturated rings. The van der Waals surface area contributed by atoms with Crippen LogP contribution in [0.3, 0.4) is 0 Å². The fraction of sp³-hybridized carbons (Fsp3) is 0.647. The highest BCUT2D eigenvalue weighted by Gasteiger charge is 2.24. The van der Waals surface area contributed by atoms with Crippen molar-refractivity contribution in [2.75, 3.05) is 18.0 Å². The van der Waals surface area contributed by atoms with Gasteiger partial charge in [0.05, 0.1) is 10.7 Å². The molecule has 2 N–H and O–H groups in total. The monoisotopic (exact) mass is 294 g/mol. The molecule has 3 heteroatoms. The molecule has 2 nitrogen and oxygen atoms in total. The quantitative estimate of drug-likeness (QED) is 0.906. The minimum absolute atomic E-state index is 0.229. The van der Waals surface area contributed by atoms with Gasteiger partial charge in [-0.2, -0.15) is 0 Å². The maximum atomic E-state index is 6.49. The van der Waals surface area contributed by atoms with Crippen LogP contribution in [0.5, 0.6) is 0 Å². The van der Waals surface area contributed by atoms with Crippen molar-refractivity contribution < 1.29 is 0 Å². The Morgan fingerprint density at radius 2 is 2.10 bits per heavy atom. The molecule has 2 rings (SSSR count). The van der Waals surface area contributed by atoms with E-state index in [1.54, 1.807) is 0 Å². The summed E-state index contributed by atoms with van der Waals surface area (Å²) >= 11 is 6.49. The average Bonchev–Trinajstić information content (AvgIpc) is 2.42. The van der Waals surface area contributed by atoms with E-state index >= 15 is 0 Å². The molecule has 1 saturated heterocycles. The van der Waals surface area contributed by atoms with E-state index < -0.39 is 0 Å². The third-order valence-corrected chi connectivity index (χ3v) is 5.01. The topological polar surface area (TPSA) is 29.3 Å². The number of hydrogen-bond donors (Lipinski definition) is 1. The third kappa shape index (κ3) is 3.67. The van der Waals surface area contributed by atoms with Gasteiger partial charge >= 0.3 is 0 Å². The zero-order valence-electron chi connectivity index (χ0n) is 12.9. The number of hydrogen-bond acceptors (Lipinski definition) is 2. The highest BCUT2D eigenvalue weighted by Crippen LogP contribution is 2.32. The van der Waals surface area contributed by atoms with Gasteiger partial charge in [-0.3, -0.25) is 0 Å². The third-order valence-electron chi connectivity index (χ3n) is 4.71. The lowest BCUT2D eigenvalue weighted by atomic mass is 9.88. The smallest absolute Gasteiger partial charge is 0.0642 e. The average molecular weight is 295 g/mol. The maximum absolute atomic E-state index is 6.49. The van der Waals surface area contributed by atoms with Crippen LogP contribution in [0.2, 0.25) is 5.02 Å². The molecule has 1 aromatic carbocycles. The Kier molecular flexibility index (Phi) is 5.34. The zero-order chi connectivity index (χ0) is 14.7. The first-order chi connectivity index (χ1) is 9.51. The Morgan fingerprint density at radius 3 is 2.70 bits per heavy atom. The van der Waals surface area contributed by atoms with Crippen LogP contribution < -0.4 is 10.6 Å². The van der Waals surface area contributed by atoms with Gasteiger partial charge in [0, 0.05) is 19.1 Å². The predicted octanol–water partition coefficient (Wildman–Crippen LogP) is 4.10. The minimum Gasteiger partial charge on any atom is -0.370 e. The van der Waals surface area contributed by atoms with Gasteiger partial charge in [0.2, 0.25) is 0 Å². The summed E-state index contributed by atoms with van der Waals surface area (Å²) in [6.45, 7) is 9.02. The van der Waals surface area contributed by atoms with Gasteiger partial charge in [-0.1, -0.05) is 38.4 Å². The molecule has 20 heavy (non-hydrogen) atoms. The number of nitrogens with zero attached hydrogens (tertiary/aromatic N) is 1. The first-order valence-electron chi connectivity index (χ1n) is 7.80. The standard InChI is InChI=1S/C17H27ClN2/c1-4-15(19)9-14-5-6-17(16(18)10-14)20-8-7-12(2)13(3)11-20/h5-6,10,12-13,15H,4,7-9,11,19H2,1-3H3. The molecular formula is C17H27ClN2. The van der Waals surface area contributed by atoms with Crippen LogP contribution in [0.1, 0.15) is 39.2 Å². The number of piperidine rings is 1. The molecule has 0 aromatic heterocycles. The van der Waals surface area contributed by atoms with Crippen LogP contribution in [-0.4, -0.2) is 19.1 Å². The molecule has 1 heterocycles. The van der Waals surface area contributed by atoms with Crippen LogP contribution >= 0.6 is 11.6 Å². The van der Waals surface area contributed by atoms with E-state index in [0.717, 1.165) is 42.8 Å². The summed E-state index contributed by atoms with van der Waals surface area (Å²) in [7, 11) is 0. The molecular weight excluding hydrogens is 268 g/mol. The number of nitrogens with two attached hydrogens (primary N) is 1. The lowest BCUT2D eigenvalue weighted by Crippen LogP contribution is -2.38. The first-order valence-corrected chi connectivity index (χ1v) is 8.18. The van der Waals surface area contributed by atoms with Crippen molar-refractivity contribution in [2.45, 2.75) is 46.1 Å². The van der Waals surface area contributed by atoms with Gasteiger partial charge in [-0.15, -0.1) is 0 Å². The lowest BCUT2D eigenvalue weighted by Gasteiger charge is -2.37. The Labute approximate surface area is 128 Å². The number of halogens is 1. The van der Waals surface area contributed by atoms with Gasteiger partial charge in [0.1, 0.15) is 0 Å². The molecule has 1 aliphatic rings. The molecule has 1 aliphatic heterocycles. The molecule has 0 aliphatic carbocycles. The van der Waals surface area contributed by atoms with Gasteiger partial charge in [-0.05, 0) is 48.8 Å². The van der Waals surface area contributed by atoms with Crippen molar-refractivity contribution in [3.63, 3.8) is 0 Å². The van der Waals surface area contributed by atoms with E-state index in [1.807, 2.05) is 0 Å². The summed E-state index contributed by atoms with van der Waals surface area (Å²) in [5.41, 5.74) is 8.44. The second kappa shape index (κ2) is 6.82. The largest absolute Gasteiger partial charge is 0.370 e. The number of rotatable bonds is 4. The predicted molar refractivity (Wildman–Crippen MR) is 88.6 cm³/mol. The van der Waals surface area contributed by atoms with Crippen LogP contribution in [0.4, 0.5) is 5.69 Å². The molecule has 112 valence electrons. The Morgan fingerprint density at radius 1 is 1.35 bits per heavy atom. The van der Waals surface area contributed by atoms with Gasteiger partial charge < -0.3 is 10.6 Å². The van der Waals surface area contributed by atoms with Crippen molar-refractivity contribution in [2.24, 2.45) is 17.6 Å². The molecule has 0 amide bonds. The fourth-order valence-electron chi connectivity index (χ4n) is 2.86. The molecule has 3 atom stereocenters. The zero-order valence-corrected chi connectivity index (χ0v) is 13.7. The summed E-state index contributed by atoms with van der Waals surface area (Å²) < 4.78 is 0. The van der Waals surface area contributed by atoms with Crippen molar-refractivity contribution >= 4 is 17.3 Å². The number of benzene rings is 1. The summed E-state index contributed by atoms with van der Waals surface area (Å²) in [5, 5.41) is 0.868. The molecule has 1 aromatic rings. The first kappa shape index (κ1) is 15.7. The summed E-state index contributed by atoms with van der Waals surface area (Å²) in [4.78, 5) is 2.43. The van der Waals surface area contributed by atoms with E-state index in [2.05, 4.69) is 43.9 Å². The molecule has 0 spiro atoms. The fourth-order valence-corrected chi connectivity index (χ4v) is 3.19. The van der Waals surface area contributed by atoms with Crippen LogP contribution in [0, 0.1) is 11.8 Å². The normalized spacial score (nSPS) is 24.8. The number of anilines is 1. The summed E-state index contributed by atoms with van der Waals surface area (Å²) in [6.07, 6.45) is 3.16. The molecule has 0 bridgehead atoms. The molecule has 0 radical (unpaired) electrons. The summed E-state index contributed by atoms with van der Waals surface area (Å²) in [5.74, 6) is 1.54. The molecule has 0 saturated carbocycles. The van der Waals surface area contributed by atoms with Crippen molar-refractivity contribution in [1.82, 2.24) is 0 Å². The lowest BCUT2D eigenvalue weighted by molar-refractivity contribution is 0.324. The van der Waals surface area contributed by atoms with E-state index in [9.17, 15) is 0 Å². The van der Waals surface area contributed by atoms with Crippen LogP contribution in [-0.2, 0) is 6.42 Å². The van der Waals surface area contributed by atoms with Gasteiger partial charge in [0.25, 0.3) is 0 Å².